The van der Waals surface area contributed by atoms with Gasteiger partial charge in [0.25, 0.3) is 5.91 Å². The first-order chi connectivity index (χ1) is 14.3. The molecule has 3 heterocycles. The van der Waals surface area contributed by atoms with Gasteiger partial charge in [-0.05, 0) is 55.3 Å². The number of methoxy groups -OCH3 is 1. The van der Waals surface area contributed by atoms with E-state index in [1.165, 1.54) is 0 Å². The van der Waals surface area contributed by atoms with E-state index >= 15 is 0 Å². The molecule has 0 saturated heterocycles. The zero-order valence-corrected chi connectivity index (χ0v) is 16.1. The van der Waals surface area contributed by atoms with E-state index in [2.05, 4.69) is 5.32 Å². The van der Waals surface area contributed by atoms with E-state index in [-0.39, 0.29) is 5.91 Å². The lowest BCUT2D eigenvalue weighted by molar-refractivity contribution is 0.0951. The fraction of sp³-hybridized carbons (Fsp3) is 0.227. The molecule has 0 radical (unpaired) electrons. The summed E-state index contributed by atoms with van der Waals surface area (Å²) in [5, 5.41) is 2.92. The van der Waals surface area contributed by atoms with E-state index in [9.17, 15) is 4.79 Å². The molecule has 4 aromatic rings. The number of nitrogens with one attached hydrogen (secondary N) is 1. The molecule has 148 valence electrons. The Morgan fingerprint density at radius 1 is 0.966 bits per heavy atom. The fourth-order valence-electron chi connectivity index (χ4n) is 3.04. The maximum atomic E-state index is 12.5. The molecule has 0 unspecified atom stereocenters. The minimum atomic E-state index is -0.138. The first-order valence-corrected chi connectivity index (χ1v) is 9.43. The lowest BCUT2D eigenvalue weighted by Crippen LogP contribution is -2.24. The number of hydrogen-bond acceptors (Lipinski definition) is 6. The third-order valence-corrected chi connectivity index (χ3v) is 4.50. The Morgan fingerprint density at radius 3 is 2.28 bits per heavy atom. The second-order valence-electron chi connectivity index (χ2n) is 6.53. The number of rotatable bonds is 8. The average Bonchev–Trinajstić information content (AvgIpc) is 3.46. The quantitative estimate of drug-likeness (QED) is 0.450. The van der Waals surface area contributed by atoms with Crippen LogP contribution in [0.2, 0.25) is 0 Å². The number of benzene rings is 1. The molecule has 7 heteroatoms. The molecule has 4 rings (SSSR count). The summed E-state index contributed by atoms with van der Waals surface area (Å²) >= 11 is 0. The SMILES string of the molecule is COCCCCNC(=O)c1ccc2nc(-c3ccco3)c(-c3ccco3)nc2c1. The van der Waals surface area contributed by atoms with Gasteiger partial charge in [-0.3, -0.25) is 4.79 Å². The zero-order valence-electron chi connectivity index (χ0n) is 16.1. The highest BCUT2D eigenvalue weighted by atomic mass is 16.5. The van der Waals surface area contributed by atoms with Gasteiger partial charge in [0.1, 0.15) is 11.4 Å². The summed E-state index contributed by atoms with van der Waals surface area (Å²) in [4.78, 5) is 21.9. The molecule has 1 aromatic carbocycles. The van der Waals surface area contributed by atoms with Crippen molar-refractivity contribution < 1.29 is 18.4 Å². The van der Waals surface area contributed by atoms with Crippen LogP contribution in [0.5, 0.6) is 0 Å². The van der Waals surface area contributed by atoms with E-state index in [4.69, 9.17) is 23.5 Å². The van der Waals surface area contributed by atoms with Crippen LogP contribution in [0.4, 0.5) is 0 Å². The van der Waals surface area contributed by atoms with Crippen molar-refractivity contribution in [2.75, 3.05) is 20.3 Å². The summed E-state index contributed by atoms with van der Waals surface area (Å²) in [7, 11) is 1.67. The topological polar surface area (TPSA) is 90.4 Å². The molecule has 1 N–H and O–H groups in total. The predicted molar refractivity (Wildman–Crippen MR) is 108 cm³/mol. The van der Waals surface area contributed by atoms with Gasteiger partial charge in [-0.1, -0.05) is 0 Å². The number of amides is 1. The molecule has 7 nitrogen and oxygen atoms in total. The van der Waals surface area contributed by atoms with Crippen molar-refractivity contribution in [3.05, 3.63) is 60.6 Å². The summed E-state index contributed by atoms with van der Waals surface area (Å²) in [6.45, 7) is 1.29. The van der Waals surface area contributed by atoms with Crippen LogP contribution >= 0.6 is 0 Å². The van der Waals surface area contributed by atoms with Crippen molar-refractivity contribution in [1.82, 2.24) is 15.3 Å². The van der Waals surface area contributed by atoms with Crippen molar-refractivity contribution in [3.8, 4) is 22.9 Å². The van der Waals surface area contributed by atoms with E-state index in [0.29, 0.717) is 52.7 Å². The first kappa shape index (κ1) is 18.9. The summed E-state index contributed by atoms with van der Waals surface area (Å²) in [6.07, 6.45) is 4.94. The maximum absolute atomic E-state index is 12.5. The Hall–Kier alpha value is -3.45. The number of hydrogen-bond donors (Lipinski definition) is 1. The van der Waals surface area contributed by atoms with Gasteiger partial charge in [0.05, 0.1) is 23.6 Å². The van der Waals surface area contributed by atoms with Crippen molar-refractivity contribution in [2.45, 2.75) is 12.8 Å². The smallest absolute Gasteiger partial charge is 0.251 e. The van der Waals surface area contributed by atoms with Crippen LogP contribution in [-0.2, 0) is 4.74 Å². The van der Waals surface area contributed by atoms with E-state index in [0.717, 1.165) is 12.8 Å². The second-order valence-corrected chi connectivity index (χ2v) is 6.53. The average molecular weight is 391 g/mol. The molecule has 0 bridgehead atoms. The Morgan fingerprint density at radius 2 is 1.66 bits per heavy atom. The van der Waals surface area contributed by atoms with Crippen molar-refractivity contribution >= 4 is 16.9 Å². The monoisotopic (exact) mass is 391 g/mol. The molecule has 3 aromatic heterocycles. The van der Waals surface area contributed by atoms with E-state index in [1.54, 1.807) is 50.0 Å². The molecular weight excluding hydrogens is 370 g/mol. The molecule has 0 fully saturated rings. The third kappa shape index (κ3) is 4.20. The molecular formula is C22H21N3O4. The van der Waals surface area contributed by atoms with Crippen LogP contribution < -0.4 is 5.32 Å². The number of unbranched alkanes of at least 4 members (excludes halogenated alkanes) is 1. The number of ether oxygens (including phenoxy) is 1. The lowest BCUT2D eigenvalue weighted by atomic mass is 10.1. The van der Waals surface area contributed by atoms with Gasteiger partial charge in [-0.2, -0.15) is 0 Å². The Kier molecular flexibility index (Phi) is 5.67. The number of furan rings is 2. The van der Waals surface area contributed by atoms with Crippen LogP contribution in [0.3, 0.4) is 0 Å². The van der Waals surface area contributed by atoms with Gasteiger partial charge in [-0.25, -0.2) is 9.97 Å². The van der Waals surface area contributed by atoms with E-state index < -0.39 is 0 Å². The number of aromatic nitrogens is 2. The van der Waals surface area contributed by atoms with Crippen molar-refractivity contribution in [3.63, 3.8) is 0 Å². The molecule has 0 spiro atoms. The largest absolute Gasteiger partial charge is 0.463 e. The molecule has 0 saturated carbocycles. The maximum Gasteiger partial charge on any atom is 0.251 e. The first-order valence-electron chi connectivity index (χ1n) is 9.43. The molecule has 0 aliphatic rings. The van der Waals surface area contributed by atoms with Gasteiger partial charge in [0.2, 0.25) is 0 Å². The number of fused-ring (bicyclic) bond motifs is 1. The second kappa shape index (κ2) is 8.70. The summed E-state index contributed by atoms with van der Waals surface area (Å²) in [6, 6.07) is 12.5. The van der Waals surface area contributed by atoms with Gasteiger partial charge in [0, 0.05) is 25.8 Å². The zero-order chi connectivity index (χ0) is 20.1. The molecule has 0 atom stereocenters. The van der Waals surface area contributed by atoms with Gasteiger partial charge >= 0.3 is 0 Å². The van der Waals surface area contributed by atoms with E-state index in [1.807, 2.05) is 12.1 Å². The lowest BCUT2D eigenvalue weighted by Gasteiger charge is -2.09. The highest BCUT2D eigenvalue weighted by molar-refractivity contribution is 5.97. The van der Waals surface area contributed by atoms with Crippen LogP contribution in [0.15, 0.2) is 63.8 Å². The standard InChI is InChI=1S/C22H21N3O4/c1-27-11-3-2-10-23-22(26)15-8-9-16-17(14-15)25-21(19-7-5-13-29-19)20(24-16)18-6-4-12-28-18/h4-9,12-14H,2-3,10-11H2,1H3,(H,23,26). The highest BCUT2D eigenvalue weighted by Crippen LogP contribution is 2.31. The molecule has 0 aliphatic carbocycles. The Bertz CT molecular complexity index is 1090. The van der Waals surface area contributed by atoms with Crippen molar-refractivity contribution in [2.24, 2.45) is 0 Å². The third-order valence-electron chi connectivity index (χ3n) is 4.50. The van der Waals surface area contributed by atoms with Gasteiger partial charge in [0.15, 0.2) is 11.5 Å². The number of nitrogens with zero attached hydrogens (tertiary/aromatic N) is 2. The van der Waals surface area contributed by atoms with Crippen LogP contribution in [0.1, 0.15) is 23.2 Å². The van der Waals surface area contributed by atoms with Crippen LogP contribution in [0, 0.1) is 0 Å². The van der Waals surface area contributed by atoms with Crippen molar-refractivity contribution in [1.29, 1.82) is 0 Å². The Balaban J connectivity index is 1.65. The molecule has 1 amide bonds. The summed E-state index contributed by atoms with van der Waals surface area (Å²) in [5.74, 6) is 1.04. The number of carbonyl (C=O) groups excluding carboxylic acids is 1. The van der Waals surface area contributed by atoms with Gasteiger partial charge < -0.3 is 18.9 Å². The van der Waals surface area contributed by atoms with Crippen LogP contribution in [0.25, 0.3) is 33.9 Å². The summed E-state index contributed by atoms with van der Waals surface area (Å²) in [5.41, 5.74) is 2.97. The normalized spacial score (nSPS) is 11.1. The molecule has 29 heavy (non-hydrogen) atoms. The minimum Gasteiger partial charge on any atom is -0.463 e. The summed E-state index contributed by atoms with van der Waals surface area (Å²) < 4.78 is 16.1. The van der Waals surface area contributed by atoms with Gasteiger partial charge in [-0.15, -0.1) is 0 Å². The fourth-order valence-corrected chi connectivity index (χ4v) is 3.04. The predicted octanol–water partition coefficient (Wildman–Crippen LogP) is 4.31. The van der Waals surface area contributed by atoms with Crippen LogP contribution in [-0.4, -0.2) is 36.1 Å². The highest BCUT2D eigenvalue weighted by Gasteiger charge is 2.18. The Labute approximate surface area is 167 Å². The number of carbonyl (C=O) groups is 1. The minimum absolute atomic E-state index is 0.138. The molecule has 0 aliphatic heterocycles.